The van der Waals surface area contributed by atoms with Crippen LogP contribution in [0.25, 0.3) is 11.1 Å². The summed E-state index contributed by atoms with van der Waals surface area (Å²) in [6.07, 6.45) is 1.10. The zero-order valence-electron chi connectivity index (χ0n) is 19.7. The molecule has 0 unspecified atom stereocenters. The van der Waals surface area contributed by atoms with Crippen molar-refractivity contribution < 1.29 is 9.23 Å². The highest BCUT2D eigenvalue weighted by atomic mass is 19.1. The van der Waals surface area contributed by atoms with Gasteiger partial charge >= 0.3 is 0 Å². The Morgan fingerprint density at radius 1 is 0.879 bits per heavy atom. The fourth-order valence-corrected chi connectivity index (χ4v) is 4.30. The summed E-state index contributed by atoms with van der Waals surface area (Å²) < 4.78 is 13.9. The molecule has 0 radical (unpaired) electrons. The molecule has 4 nitrogen and oxygen atoms in total. The standard InChI is InChI=1S/C28H34FN3O/c1-30(2)15-16-31(20-23-8-5-9-24(18-23)21-32-14-7-17-33-32)22-26-10-3-4-13-28(26)25-11-6-12-27(29)19-25/h3-6,8-13,18-19H,7,14-17,20-22H2,1-2H3. The smallest absolute Gasteiger partial charge is 0.123 e. The minimum Gasteiger partial charge on any atom is -0.308 e. The molecule has 0 aromatic heterocycles. The van der Waals surface area contributed by atoms with Gasteiger partial charge < -0.3 is 4.90 Å². The van der Waals surface area contributed by atoms with Crippen molar-refractivity contribution >= 4 is 0 Å². The van der Waals surface area contributed by atoms with Gasteiger partial charge in [-0.25, -0.2) is 4.39 Å². The second-order valence-electron chi connectivity index (χ2n) is 9.05. The SMILES string of the molecule is CN(C)CCN(Cc1cccc(CN2CCCO2)c1)Cc1ccccc1-c1cccc(F)c1. The summed E-state index contributed by atoms with van der Waals surface area (Å²) in [7, 11) is 4.21. The molecule has 33 heavy (non-hydrogen) atoms. The van der Waals surface area contributed by atoms with Crippen molar-refractivity contribution in [3.05, 3.63) is 95.3 Å². The fraction of sp³-hybridized carbons (Fsp3) is 0.357. The van der Waals surface area contributed by atoms with E-state index < -0.39 is 0 Å². The first-order chi connectivity index (χ1) is 16.1. The second-order valence-corrected chi connectivity index (χ2v) is 9.05. The third kappa shape index (κ3) is 6.95. The Hall–Kier alpha value is -2.57. The predicted molar refractivity (Wildman–Crippen MR) is 132 cm³/mol. The summed E-state index contributed by atoms with van der Waals surface area (Å²) in [5, 5.41) is 2.05. The molecule has 1 aliphatic heterocycles. The van der Waals surface area contributed by atoms with E-state index in [-0.39, 0.29) is 5.82 Å². The number of hydroxylamine groups is 2. The molecule has 0 aliphatic carbocycles. The van der Waals surface area contributed by atoms with Crippen LogP contribution in [0.3, 0.4) is 0 Å². The van der Waals surface area contributed by atoms with E-state index in [0.717, 1.165) is 63.4 Å². The summed E-state index contributed by atoms with van der Waals surface area (Å²) in [5.41, 5.74) is 5.80. The third-order valence-corrected chi connectivity index (χ3v) is 5.99. The summed E-state index contributed by atoms with van der Waals surface area (Å²) in [4.78, 5) is 10.4. The van der Waals surface area contributed by atoms with Gasteiger partial charge in [0.05, 0.1) is 6.61 Å². The highest BCUT2D eigenvalue weighted by molar-refractivity contribution is 5.67. The van der Waals surface area contributed by atoms with Crippen molar-refractivity contribution in [2.24, 2.45) is 0 Å². The van der Waals surface area contributed by atoms with Gasteiger partial charge in [0.25, 0.3) is 0 Å². The van der Waals surface area contributed by atoms with E-state index in [0.29, 0.717) is 0 Å². The first-order valence-electron chi connectivity index (χ1n) is 11.7. The van der Waals surface area contributed by atoms with Crippen LogP contribution in [0.5, 0.6) is 0 Å². The normalized spacial score (nSPS) is 14.5. The van der Waals surface area contributed by atoms with Crippen molar-refractivity contribution in [2.45, 2.75) is 26.1 Å². The Morgan fingerprint density at radius 2 is 1.70 bits per heavy atom. The predicted octanol–water partition coefficient (Wildman–Crippen LogP) is 5.19. The maximum absolute atomic E-state index is 13.9. The van der Waals surface area contributed by atoms with E-state index in [9.17, 15) is 4.39 Å². The van der Waals surface area contributed by atoms with Crippen LogP contribution in [0.2, 0.25) is 0 Å². The summed E-state index contributed by atoms with van der Waals surface area (Å²) in [5.74, 6) is -0.203. The Balaban J connectivity index is 1.53. The number of hydrogen-bond donors (Lipinski definition) is 0. The molecule has 1 heterocycles. The molecule has 1 aliphatic rings. The maximum atomic E-state index is 13.9. The molecule has 0 atom stereocenters. The quantitative estimate of drug-likeness (QED) is 0.426. The van der Waals surface area contributed by atoms with Crippen LogP contribution in [0.4, 0.5) is 4.39 Å². The van der Waals surface area contributed by atoms with Gasteiger partial charge in [0.1, 0.15) is 5.82 Å². The van der Waals surface area contributed by atoms with Crippen LogP contribution < -0.4 is 0 Å². The molecule has 4 rings (SSSR count). The molecule has 1 saturated heterocycles. The number of benzene rings is 3. The first kappa shape index (κ1) is 23.6. The molecule has 0 spiro atoms. The van der Waals surface area contributed by atoms with Crippen molar-refractivity contribution in [3.63, 3.8) is 0 Å². The van der Waals surface area contributed by atoms with Gasteiger partial charge in [-0.1, -0.05) is 60.7 Å². The third-order valence-electron chi connectivity index (χ3n) is 5.99. The summed E-state index contributed by atoms with van der Waals surface area (Å²) >= 11 is 0. The van der Waals surface area contributed by atoms with Crippen LogP contribution >= 0.6 is 0 Å². The first-order valence-corrected chi connectivity index (χ1v) is 11.7. The van der Waals surface area contributed by atoms with Crippen LogP contribution in [-0.4, -0.2) is 55.2 Å². The number of hydrogen-bond acceptors (Lipinski definition) is 4. The number of nitrogens with zero attached hydrogens (tertiary/aromatic N) is 3. The van der Waals surface area contributed by atoms with Crippen LogP contribution in [0.15, 0.2) is 72.8 Å². The Morgan fingerprint density at radius 3 is 2.48 bits per heavy atom. The fourth-order valence-electron chi connectivity index (χ4n) is 4.30. The highest BCUT2D eigenvalue weighted by Gasteiger charge is 2.15. The largest absolute Gasteiger partial charge is 0.308 e. The van der Waals surface area contributed by atoms with Crippen LogP contribution in [0, 0.1) is 5.82 Å². The molecule has 5 heteroatoms. The summed E-state index contributed by atoms with van der Waals surface area (Å²) in [6, 6.07) is 24.0. The van der Waals surface area contributed by atoms with E-state index in [1.807, 2.05) is 12.1 Å². The zero-order valence-corrected chi connectivity index (χ0v) is 19.7. The lowest BCUT2D eigenvalue weighted by Crippen LogP contribution is -2.31. The molecular formula is C28H34FN3O. The molecule has 0 amide bonds. The molecule has 3 aromatic carbocycles. The van der Waals surface area contributed by atoms with Crippen molar-refractivity contribution in [2.75, 3.05) is 40.3 Å². The lowest BCUT2D eigenvalue weighted by Gasteiger charge is -2.26. The van der Waals surface area contributed by atoms with Gasteiger partial charge in [-0.3, -0.25) is 9.74 Å². The van der Waals surface area contributed by atoms with Crippen molar-refractivity contribution in [1.29, 1.82) is 0 Å². The lowest BCUT2D eigenvalue weighted by molar-refractivity contribution is -0.117. The van der Waals surface area contributed by atoms with Crippen LogP contribution in [-0.2, 0) is 24.5 Å². The van der Waals surface area contributed by atoms with E-state index in [4.69, 9.17) is 4.84 Å². The molecule has 3 aromatic rings. The number of rotatable bonds is 10. The van der Waals surface area contributed by atoms with Gasteiger partial charge in [0.15, 0.2) is 0 Å². The Bertz CT molecular complexity index is 1030. The monoisotopic (exact) mass is 447 g/mol. The molecule has 0 bridgehead atoms. The average molecular weight is 448 g/mol. The van der Waals surface area contributed by atoms with Gasteiger partial charge in [-0.2, -0.15) is 5.06 Å². The molecule has 0 N–H and O–H groups in total. The van der Waals surface area contributed by atoms with Gasteiger partial charge in [0, 0.05) is 39.3 Å². The maximum Gasteiger partial charge on any atom is 0.123 e. The van der Waals surface area contributed by atoms with Gasteiger partial charge in [-0.15, -0.1) is 0 Å². The number of halogens is 1. The van der Waals surface area contributed by atoms with E-state index in [2.05, 4.69) is 71.4 Å². The van der Waals surface area contributed by atoms with E-state index >= 15 is 0 Å². The minimum atomic E-state index is -0.203. The average Bonchev–Trinajstić information content (AvgIpc) is 3.31. The molecule has 174 valence electrons. The Kier molecular flexibility index (Phi) is 8.24. The van der Waals surface area contributed by atoms with Gasteiger partial charge in [-0.05, 0) is 60.5 Å². The molecule has 1 fully saturated rings. The Labute approximate surface area is 197 Å². The topological polar surface area (TPSA) is 19.0 Å². The van der Waals surface area contributed by atoms with E-state index in [1.165, 1.54) is 22.8 Å². The summed E-state index contributed by atoms with van der Waals surface area (Å²) in [6.45, 7) is 6.24. The molecule has 0 saturated carbocycles. The second kappa shape index (κ2) is 11.5. The van der Waals surface area contributed by atoms with Crippen molar-refractivity contribution in [1.82, 2.24) is 14.9 Å². The minimum absolute atomic E-state index is 0.203. The lowest BCUT2D eigenvalue weighted by atomic mass is 9.99. The number of likely N-dealkylation sites (N-methyl/N-ethyl adjacent to an activating group) is 1. The van der Waals surface area contributed by atoms with Crippen molar-refractivity contribution in [3.8, 4) is 11.1 Å². The van der Waals surface area contributed by atoms with Gasteiger partial charge in [0.2, 0.25) is 0 Å². The zero-order chi connectivity index (χ0) is 23.0. The molecular weight excluding hydrogens is 413 g/mol. The van der Waals surface area contributed by atoms with E-state index in [1.54, 1.807) is 12.1 Å². The van der Waals surface area contributed by atoms with Crippen LogP contribution in [0.1, 0.15) is 23.1 Å². The highest BCUT2D eigenvalue weighted by Crippen LogP contribution is 2.26.